The van der Waals surface area contributed by atoms with Crippen LogP contribution in [-0.4, -0.2) is 11.1 Å². The highest BCUT2D eigenvalue weighted by molar-refractivity contribution is 6.31. The lowest BCUT2D eigenvalue weighted by Crippen LogP contribution is -2.22. The third-order valence-corrected chi connectivity index (χ3v) is 5.40. The summed E-state index contributed by atoms with van der Waals surface area (Å²) in [4.78, 5) is 11.3. The molecule has 1 unspecified atom stereocenters. The monoisotopic (exact) mass is 396 g/mol. The number of carboxylic acids is 1. The average Bonchev–Trinajstić information content (AvgIpc) is 2.70. The molecule has 0 bridgehead atoms. The van der Waals surface area contributed by atoms with Crippen molar-refractivity contribution in [2.45, 2.75) is 19.3 Å². The molecule has 0 radical (unpaired) electrons. The number of fused-ring (bicyclic) bond motifs is 1. The Balaban J connectivity index is 1.67. The Morgan fingerprint density at radius 1 is 1.04 bits per heavy atom. The minimum absolute atomic E-state index is 0.0563. The number of ether oxygens (including phenoxy) is 1. The molecule has 0 spiro atoms. The summed E-state index contributed by atoms with van der Waals surface area (Å²) in [5.41, 5.74) is 3.11. The minimum atomic E-state index is -0.765. The van der Waals surface area contributed by atoms with Gasteiger partial charge in [0.25, 0.3) is 0 Å². The number of benzene rings is 3. The van der Waals surface area contributed by atoms with Crippen molar-refractivity contribution in [1.29, 1.82) is 0 Å². The quantitative estimate of drug-likeness (QED) is 0.577. The molecule has 142 valence electrons. The highest BCUT2D eigenvalue weighted by Crippen LogP contribution is 2.37. The van der Waals surface area contributed by atoms with E-state index in [0.29, 0.717) is 35.5 Å². The van der Waals surface area contributed by atoms with Crippen LogP contribution in [0.2, 0.25) is 5.02 Å². The molecule has 0 saturated heterocycles. The summed E-state index contributed by atoms with van der Waals surface area (Å²) in [6, 6.07) is 17.8. The van der Waals surface area contributed by atoms with Crippen LogP contribution in [0.4, 0.5) is 4.39 Å². The van der Waals surface area contributed by atoms with Gasteiger partial charge in [0, 0.05) is 11.1 Å². The number of aryl methyl sites for hydroxylation is 1. The van der Waals surface area contributed by atoms with Crippen molar-refractivity contribution in [1.82, 2.24) is 0 Å². The maximum Gasteiger partial charge on any atom is 0.306 e. The van der Waals surface area contributed by atoms with Crippen LogP contribution in [-0.2, 0) is 17.6 Å². The Kier molecular flexibility index (Phi) is 5.05. The Morgan fingerprint density at radius 2 is 1.82 bits per heavy atom. The summed E-state index contributed by atoms with van der Waals surface area (Å²) in [7, 11) is 0. The zero-order valence-electron chi connectivity index (χ0n) is 15.0. The molecular weight excluding hydrogens is 379 g/mol. The SMILES string of the molecule is O=C(O)C1CCc2ccc(Oc3ccccc3-c3cccc(Cl)c3F)cc2C1. The molecule has 5 heteroatoms. The molecule has 4 rings (SSSR count). The second kappa shape index (κ2) is 7.64. The molecule has 3 aromatic carbocycles. The first-order valence-corrected chi connectivity index (χ1v) is 9.46. The Labute approximate surface area is 167 Å². The highest BCUT2D eigenvalue weighted by Gasteiger charge is 2.24. The molecule has 1 N–H and O–H groups in total. The van der Waals surface area contributed by atoms with E-state index in [4.69, 9.17) is 16.3 Å². The molecule has 3 aromatic rings. The Morgan fingerprint density at radius 3 is 2.64 bits per heavy atom. The normalized spacial score (nSPS) is 15.7. The second-order valence-electron chi connectivity index (χ2n) is 6.91. The van der Waals surface area contributed by atoms with E-state index in [1.54, 1.807) is 24.3 Å². The van der Waals surface area contributed by atoms with Gasteiger partial charge in [-0.25, -0.2) is 4.39 Å². The molecule has 0 aliphatic heterocycles. The van der Waals surface area contributed by atoms with Crippen LogP contribution < -0.4 is 4.74 Å². The fourth-order valence-corrected chi connectivity index (χ4v) is 3.80. The summed E-state index contributed by atoms with van der Waals surface area (Å²) < 4.78 is 20.6. The van der Waals surface area contributed by atoms with Gasteiger partial charge in [0.2, 0.25) is 0 Å². The molecule has 3 nitrogen and oxygen atoms in total. The Bertz CT molecular complexity index is 1050. The Hall–Kier alpha value is -2.85. The molecule has 0 aromatic heterocycles. The van der Waals surface area contributed by atoms with Crippen LogP contribution in [0.3, 0.4) is 0 Å². The van der Waals surface area contributed by atoms with Crippen molar-refractivity contribution < 1.29 is 19.0 Å². The van der Waals surface area contributed by atoms with Gasteiger partial charge in [0.15, 0.2) is 0 Å². The molecular formula is C23H18ClFO3. The maximum atomic E-state index is 14.5. The van der Waals surface area contributed by atoms with Crippen molar-refractivity contribution in [3.8, 4) is 22.6 Å². The predicted molar refractivity (Wildman–Crippen MR) is 107 cm³/mol. The fraction of sp³-hybridized carbons (Fsp3) is 0.174. The standard InChI is InChI=1S/C23H18ClFO3/c24-20-6-3-5-19(22(20)25)18-4-1-2-7-21(18)28-17-11-10-14-8-9-15(23(26)27)12-16(14)13-17/h1-7,10-11,13,15H,8-9,12H2,(H,26,27). The van der Waals surface area contributed by atoms with Gasteiger partial charge in [0.1, 0.15) is 17.3 Å². The van der Waals surface area contributed by atoms with E-state index in [1.807, 2.05) is 30.3 Å². The maximum absolute atomic E-state index is 14.5. The van der Waals surface area contributed by atoms with Gasteiger partial charge in [-0.15, -0.1) is 0 Å². The van der Waals surface area contributed by atoms with Crippen molar-refractivity contribution >= 4 is 17.6 Å². The van der Waals surface area contributed by atoms with Gasteiger partial charge in [-0.2, -0.15) is 0 Å². The first kappa shape index (κ1) is 18.5. The number of carbonyl (C=O) groups is 1. The van der Waals surface area contributed by atoms with E-state index in [-0.39, 0.29) is 10.9 Å². The van der Waals surface area contributed by atoms with Gasteiger partial charge < -0.3 is 9.84 Å². The molecule has 0 heterocycles. The first-order valence-electron chi connectivity index (χ1n) is 9.09. The zero-order chi connectivity index (χ0) is 19.7. The number of aliphatic carboxylic acids is 1. The first-order chi connectivity index (χ1) is 13.5. The molecule has 1 aliphatic rings. The van der Waals surface area contributed by atoms with Gasteiger partial charge in [-0.05, 0) is 54.7 Å². The summed E-state index contributed by atoms with van der Waals surface area (Å²) in [5, 5.41) is 9.36. The van der Waals surface area contributed by atoms with Crippen molar-refractivity contribution in [3.63, 3.8) is 0 Å². The molecule has 0 saturated carbocycles. The second-order valence-corrected chi connectivity index (χ2v) is 7.32. The largest absolute Gasteiger partial charge is 0.481 e. The van der Waals surface area contributed by atoms with Crippen LogP contribution in [0.15, 0.2) is 60.7 Å². The van der Waals surface area contributed by atoms with Gasteiger partial charge >= 0.3 is 5.97 Å². The van der Waals surface area contributed by atoms with E-state index in [2.05, 4.69) is 0 Å². The third-order valence-electron chi connectivity index (χ3n) is 5.11. The van der Waals surface area contributed by atoms with E-state index in [0.717, 1.165) is 17.5 Å². The number of halogens is 2. The molecule has 28 heavy (non-hydrogen) atoms. The van der Waals surface area contributed by atoms with Gasteiger partial charge in [-0.1, -0.05) is 48.0 Å². The van der Waals surface area contributed by atoms with Crippen LogP contribution in [0.5, 0.6) is 11.5 Å². The van der Waals surface area contributed by atoms with E-state index >= 15 is 0 Å². The van der Waals surface area contributed by atoms with Gasteiger partial charge in [0.05, 0.1) is 10.9 Å². The lowest BCUT2D eigenvalue weighted by Gasteiger charge is -2.22. The lowest BCUT2D eigenvalue weighted by atomic mass is 9.84. The average molecular weight is 397 g/mol. The summed E-state index contributed by atoms with van der Waals surface area (Å²) in [5.74, 6) is -0.516. The summed E-state index contributed by atoms with van der Waals surface area (Å²) in [6.07, 6.45) is 1.89. The van der Waals surface area contributed by atoms with Crippen molar-refractivity contribution in [2.24, 2.45) is 5.92 Å². The molecule has 1 aliphatic carbocycles. The molecule has 0 fully saturated rings. The van der Waals surface area contributed by atoms with Gasteiger partial charge in [-0.3, -0.25) is 4.79 Å². The number of carboxylic acid groups (broad SMARTS) is 1. The van der Waals surface area contributed by atoms with E-state index < -0.39 is 11.8 Å². The summed E-state index contributed by atoms with van der Waals surface area (Å²) >= 11 is 5.93. The summed E-state index contributed by atoms with van der Waals surface area (Å²) in [6.45, 7) is 0. The molecule has 0 amide bonds. The smallest absolute Gasteiger partial charge is 0.306 e. The number of hydrogen-bond donors (Lipinski definition) is 1. The highest BCUT2D eigenvalue weighted by atomic mass is 35.5. The topological polar surface area (TPSA) is 46.5 Å². The van der Waals surface area contributed by atoms with Crippen molar-refractivity contribution in [3.05, 3.63) is 82.6 Å². The van der Waals surface area contributed by atoms with Crippen molar-refractivity contribution in [2.75, 3.05) is 0 Å². The fourth-order valence-electron chi connectivity index (χ4n) is 3.62. The number of hydrogen-bond acceptors (Lipinski definition) is 2. The van der Waals surface area contributed by atoms with E-state index in [1.165, 1.54) is 6.07 Å². The molecule has 1 atom stereocenters. The van der Waals surface area contributed by atoms with E-state index in [9.17, 15) is 14.3 Å². The number of rotatable bonds is 4. The van der Waals surface area contributed by atoms with Crippen LogP contribution in [0.1, 0.15) is 17.5 Å². The van der Waals surface area contributed by atoms with Crippen LogP contribution >= 0.6 is 11.6 Å². The number of para-hydroxylation sites is 1. The van der Waals surface area contributed by atoms with Crippen LogP contribution in [0.25, 0.3) is 11.1 Å². The lowest BCUT2D eigenvalue weighted by molar-refractivity contribution is -0.142. The minimum Gasteiger partial charge on any atom is -0.481 e. The predicted octanol–water partition coefficient (Wildman–Crippen LogP) is 6.13. The third kappa shape index (κ3) is 3.60. The zero-order valence-corrected chi connectivity index (χ0v) is 15.7. The van der Waals surface area contributed by atoms with Crippen LogP contribution in [0, 0.1) is 11.7 Å².